The average molecular weight is 367 g/mol. The van der Waals surface area contributed by atoms with Crippen molar-refractivity contribution in [3.05, 3.63) is 29.8 Å². The van der Waals surface area contributed by atoms with Crippen LogP contribution in [0.25, 0.3) is 0 Å². The third kappa shape index (κ3) is 5.07. The Morgan fingerprint density at radius 2 is 2.00 bits per heavy atom. The Morgan fingerprint density at radius 1 is 1.25 bits per heavy atom. The zero-order valence-electron chi connectivity index (χ0n) is 14.1. The van der Waals surface area contributed by atoms with E-state index in [1.807, 2.05) is 35.7 Å². The molecule has 132 valence electrons. The van der Waals surface area contributed by atoms with Gasteiger partial charge in [-0.2, -0.15) is 0 Å². The maximum absolute atomic E-state index is 12.1. The lowest BCUT2D eigenvalue weighted by Gasteiger charge is -2.30. The van der Waals surface area contributed by atoms with Gasteiger partial charge in [0.05, 0.1) is 4.58 Å². The molecule has 2 atom stereocenters. The van der Waals surface area contributed by atoms with E-state index in [1.54, 1.807) is 0 Å². The Hall–Kier alpha value is -0.850. The third-order valence-corrected chi connectivity index (χ3v) is 7.47. The Balaban J connectivity index is 1.44. The van der Waals surface area contributed by atoms with Gasteiger partial charge in [0.25, 0.3) is 5.91 Å². The van der Waals surface area contributed by atoms with E-state index >= 15 is 0 Å². The van der Waals surface area contributed by atoms with Gasteiger partial charge in [-0.1, -0.05) is 12.1 Å². The van der Waals surface area contributed by atoms with E-state index in [9.17, 15) is 4.79 Å². The van der Waals surface area contributed by atoms with E-state index in [4.69, 9.17) is 4.74 Å². The third-order valence-electron chi connectivity index (χ3n) is 4.46. The summed E-state index contributed by atoms with van der Waals surface area (Å²) in [4.78, 5) is 12.1. The Kier molecular flexibility index (Phi) is 6.75. The molecule has 24 heavy (non-hydrogen) atoms. The van der Waals surface area contributed by atoms with Crippen LogP contribution < -0.4 is 15.4 Å². The predicted octanol–water partition coefficient (Wildman–Crippen LogP) is 3.19. The maximum Gasteiger partial charge on any atom is 0.258 e. The van der Waals surface area contributed by atoms with Crippen molar-refractivity contribution in [1.29, 1.82) is 0 Å². The number of nitrogens with one attached hydrogen (secondary N) is 2. The quantitative estimate of drug-likeness (QED) is 0.838. The van der Waals surface area contributed by atoms with Crippen molar-refractivity contribution in [2.45, 2.75) is 42.9 Å². The van der Waals surface area contributed by atoms with Gasteiger partial charge in [-0.3, -0.25) is 4.79 Å². The SMILES string of the molecule is CC1NCCCC1NC(=O)COc1ccc(C2SCCCS2)cc1. The zero-order valence-corrected chi connectivity index (χ0v) is 15.8. The number of carbonyl (C=O) groups is 1. The number of ether oxygens (including phenoxy) is 1. The van der Waals surface area contributed by atoms with Crippen molar-refractivity contribution in [3.8, 4) is 5.75 Å². The number of rotatable bonds is 5. The molecule has 3 rings (SSSR count). The molecule has 0 saturated carbocycles. The van der Waals surface area contributed by atoms with Crippen LogP contribution in [0.4, 0.5) is 0 Å². The van der Waals surface area contributed by atoms with Gasteiger partial charge >= 0.3 is 0 Å². The van der Waals surface area contributed by atoms with Crippen LogP contribution in [0.5, 0.6) is 5.75 Å². The van der Waals surface area contributed by atoms with E-state index < -0.39 is 0 Å². The second-order valence-electron chi connectivity index (χ2n) is 6.34. The first kappa shape index (κ1) is 18.0. The smallest absolute Gasteiger partial charge is 0.258 e. The number of piperidine rings is 1. The minimum atomic E-state index is -0.0435. The van der Waals surface area contributed by atoms with E-state index in [0.29, 0.717) is 10.6 Å². The highest BCUT2D eigenvalue weighted by molar-refractivity contribution is 8.16. The minimum Gasteiger partial charge on any atom is -0.484 e. The molecule has 1 amide bonds. The molecule has 2 heterocycles. The molecule has 2 saturated heterocycles. The molecule has 2 aliphatic rings. The van der Waals surface area contributed by atoms with Crippen LogP contribution in [0.1, 0.15) is 36.3 Å². The van der Waals surface area contributed by atoms with Crippen LogP contribution in [-0.4, -0.2) is 42.6 Å². The molecule has 1 aromatic rings. The second kappa shape index (κ2) is 9.02. The summed E-state index contributed by atoms with van der Waals surface area (Å²) in [5, 5.41) is 6.46. The van der Waals surface area contributed by atoms with Crippen LogP contribution in [0, 0.1) is 0 Å². The molecule has 0 bridgehead atoms. The summed E-state index contributed by atoms with van der Waals surface area (Å²) in [6, 6.07) is 8.73. The van der Waals surface area contributed by atoms with Crippen molar-refractivity contribution in [3.63, 3.8) is 0 Å². The lowest BCUT2D eigenvalue weighted by atomic mass is 10.00. The maximum atomic E-state index is 12.1. The van der Waals surface area contributed by atoms with Gasteiger partial charge in [0, 0.05) is 12.1 Å². The number of amides is 1. The highest BCUT2D eigenvalue weighted by atomic mass is 32.2. The summed E-state index contributed by atoms with van der Waals surface area (Å²) in [5.41, 5.74) is 1.34. The number of benzene rings is 1. The van der Waals surface area contributed by atoms with Crippen LogP contribution in [-0.2, 0) is 4.79 Å². The second-order valence-corrected chi connectivity index (χ2v) is 9.07. The molecule has 6 heteroatoms. The number of thioether (sulfide) groups is 2. The van der Waals surface area contributed by atoms with Crippen molar-refractivity contribution in [2.24, 2.45) is 0 Å². The van der Waals surface area contributed by atoms with Crippen molar-refractivity contribution >= 4 is 29.4 Å². The van der Waals surface area contributed by atoms with Crippen molar-refractivity contribution in [1.82, 2.24) is 10.6 Å². The summed E-state index contributed by atoms with van der Waals surface area (Å²) in [7, 11) is 0. The lowest BCUT2D eigenvalue weighted by Crippen LogP contribution is -2.52. The van der Waals surface area contributed by atoms with Crippen LogP contribution in [0.2, 0.25) is 0 Å². The van der Waals surface area contributed by atoms with E-state index in [-0.39, 0.29) is 18.6 Å². The highest BCUT2D eigenvalue weighted by Gasteiger charge is 2.22. The molecule has 2 unspecified atom stereocenters. The first-order chi connectivity index (χ1) is 11.7. The molecule has 1 aromatic carbocycles. The van der Waals surface area contributed by atoms with Gasteiger partial charge in [0.2, 0.25) is 0 Å². The summed E-state index contributed by atoms with van der Waals surface area (Å²) in [6.07, 6.45) is 3.44. The summed E-state index contributed by atoms with van der Waals surface area (Å²) in [6.45, 7) is 3.23. The molecule has 2 fully saturated rings. The van der Waals surface area contributed by atoms with Gasteiger partial charge in [-0.15, -0.1) is 23.5 Å². The Labute approximate surface area is 152 Å². The average Bonchev–Trinajstić information content (AvgIpc) is 2.63. The molecular weight excluding hydrogens is 340 g/mol. The fraction of sp³-hybridized carbons (Fsp3) is 0.611. The lowest BCUT2D eigenvalue weighted by molar-refractivity contribution is -0.124. The first-order valence-electron chi connectivity index (χ1n) is 8.71. The number of hydrogen-bond donors (Lipinski definition) is 2. The number of hydrogen-bond acceptors (Lipinski definition) is 5. The predicted molar refractivity (Wildman–Crippen MR) is 103 cm³/mol. The fourth-order valence-electron chi connectivity index (χ4n) is 3.04. The summed E-state index contributed by atoms with van der Waals surface area (Å²) in [5.74, 6) is 3.20. The van der Waals surface area contributed by atoms with Crippen LogP contribution in [0.15, 0.2) is 24.3 Å². The number of carbonyl (C=O) groups excluding carboxylic acids is 1. The molecular formula is C18H26N2O2S2. The van der Waals surface area contributed by atoms with Gasteiger partial charge in [0.15, 0.2) is 6.61 Å². The molecule has 2 aliphatic heterocycles. The fourth-order valence-corrected chi connectivity index (χ4v) is 5.93. The van der Waals surface area contributed by atoms with E-state index in [1.165, 1.54) is 23.5 Å². The molecule has 0 spiro atoms. The standard InChI is InChI=1S/C18H26N2O2S2/c1-13-16(4-2-9-19-13)20-17(21)12-22-15-7-5-14(6-8-15)18-23-10-3-11-24-18/h5-8,13,16,18-19H,2-4,9-12H2,1H3,(H,20,21). The molecule has 0 radical (unpaired) electrons. The summed E-state index contributed by atoms with van der Waals surface area (Å²) < 4.78 is 6.18. The topological polar surface area (TPSA) is 50.4 Å². The highest BCUT2D eigenvalue weighted by Crippen LogP contribution is 2.43. The molecule has 0 aliphatic carbocycles. The zero-order chi connectivity index (χ0) is 16.8. The van der Waals surface area contributed by atoms with E-state index in [2.05, 4.69) is 29.7 Å². The van der Waals surface area contributed by atoms with Gasteiger partial charge in [0.1, 0.15) is 5.75 Å². The molecule has 0 aromatic heterocycles. The van der Waals surface area contributed by atoms with Crippen molar-refractivity contribution in [2.75, 3.05) is 24.7 Å². The van der Waals surface area contributed by atoms with Gasteiger partial charge in [-0.25, -0.2) is 0 Å². The largest absolute Gasteiger partial charge is 0.484 e. The first-order valence-corrected chi connectivity index (χ1v) is 10.8. The monoisotopic (exact) mass is 366 g/mol. The van der Waals surface area contributed by atoms with Gasteiger partial charge < -0.3 is 15.4 Å². The Morgan fingerprint density at radius 3 is 2.71 bits per heavy atom. The van der Waals surface area contributed by atoms with Gasteiger partial charge in [-0.05, 0) is 61.9 Å². The Bertz CT molecular complexity index is 532. The van der Waals surface area contributed by atoms with Crippen LogP contribution >= 0.6 is 23.5 Å². The van der Waals surface area contributed by atoms with Crippen molar-refractivity contribution < 1.29 is 9.53 Å². The van der Waals surface area contributed by atoms with Crippen LogP contribution in [0.3, 0.4) is 0 Å². The minimum absolute atomic E-state index is 0.0435. The van der Waals surface area contributed by atoms with E-state index in [0.717, 1.165) is 25.1 Å². The molecule has 2 N–H and O–H groups in total. The molecule has 4 nitrogen and oxygen atoms in total. The normalized spacial score (nSPS) is 25.2. The summed E-state index contributed by atoms with van der Waals surface area (Å²) >= 11 is 4.02.